The lowest BCUT2D eigenvalue weighted by atomic mass is 10.3. The van der Waals surface area contributed by atoms with Crippen molar-refractivity contribution >= 4 is 22.9 Å². The van der Waals surface area contributed by atoms with Gasteiger partial charge in [0.2, 0.25) is 5.91 Å². The number of hydrogen-bond acceptors (Lipinski definition) is 3. The van der Waals surface area contributed by atoms with E-state index in [1.54, 1.807) is 0 Å². The van der Waals surface area contributed by atoms with Gasteiger partial charge in [0.15, 0.2) is 5.96 Å². The van der Waals surface area contributed by atoms with Crippen molar-refractivity contribution in [3.8, 4) is 0 Å². The average Bonchev–Trinajstić information content (AvgIpc) is 3.43. The summed E-state index contributed by atoms with van der Waals surface area (Å²) < 4.78 is 2.17. The topological polar surface area (TPSA) is 83.3 Å². The number of nitrogens with zero attached hydrogens (tertiary/aromatic N) is 3. The molecule has 3 N–H and O–H groups in total. The first-order valence-electron chi connectivity index (χ1n) is 9.47. The summed E-state index contributed by atoms with van der Waals surface area (Å²) in [5.74, 6) is 1.24. The van der Waals surface area contributed by atoms with Gasteiger partial charge in [-0.2, -0.15) is 0 Å². The van der Waals surface area contributed by atoms with Crippen LogP contribution in [0.4, 0.5) is 0 Å². The molecule has 2 aromatic rings. The summed E-state index contributed by atoms with van der Waals surface area (Å²) in [6.07, 6.45) is 4.90. The zero-order valence-electron chi connectivity index (χ0n) is 15.4. The molecule has 0 aliphatic heterocycles. The second kappa shape index (κ2) is 9.22. The van der Waals surface area contributed by atoms with Crippen LogP contribution in [0.2, 0.25) is 0 Å². The minimum Gasteiger partial charge on any atom is -0.357 e. The highest BCUT2D eigenvalue weighted by molar-refractivity contribution is 5.81. The first-order valence-corrected chi connectivity index (χ1v) is 9.47. The summed E-state index contributed by atoms with van der Waals surface area (Å²) >= 11 is 0. The maximum Gasteiger partial charge on any atom is 0.223 e. The molecule has 1 heterocycles. The monoisotopic (exact) mass is 356 g/mol. The summed E-state index contributed by atoms with van der Waals surface area (Å²) in [6.45, 7) is 5.78. The maximum absolute atomic E-state index is 11.6. The van der Waals surface area contributed by atoms with E-state index in [-0.39, 0.29) is 11.8 Å². The third kappa shape index (κ3) is 5.21. The van der Waals surface area contributed by atoms with E-state index in [1.165, 1.54) is 0 Å². The Kier molecular flexibility index (Phi) is 6.46. The number of amides is 1. The number of imidazole rings is 1. The Morgan fingerprint density at radius 1 is 1.23 bits per heavy atom. The quantitative estimate of drug-likeness (QED) is 0.361. The molecule has 1 aromatic carbocycles. The predicted molar refractivity (Wildman–Crippen MR) is 104 cm³/mol. The zero-order chi connectivity index (χ0) is 18.2. The van der Waals surface area contributed by atoms with Crippen LogP contribution in [0, 0.1) is 5.92 Å². The van der Waals surface area contributed by atoms with Gasteiger partial charge in [-0.15, -0.1) is 0 Å². The standard InChI is InChI=1S/C19H28N6O/c1-2-20-19(23-12-11-21-18(26)15-8-9-15)22-10-5-13-25-14-24-16-6-3-4-7-17(16)25/h3-4,6-7,14-15H,2,5,8-13H2,1H3,(H,21,26)(H2,20,22,23). The van der Waals surface area contributed by atoms with Crippen molar-refractivity contribution in [3.63, 3.8) is 0 Å². The molecule has 3 rings (SSSR count). The lowest BCUT2D eigenvalue weighted by Gasteiger charge is -2.12. The molecule has 0 saturated heterocycles. The Bertz CT molecular complexity index is 749. The summed E-state index contributed by atoms with van der Waals surface area (Å²) in [6, 6.07) is 8.16. The first-order chi connectivity index (χ1) is 12.8. The van der Waals surface area contributed by atoms with Crippen molar-refractivity contribution in [1.82, 2.24) is 25.5 Å². The molecule has 0 bridgehead atoms. The van der Waals surface area contributed by atoms with E-state index in [0.29, 0.717) is 13.1 Å². The van der Waals surface area contributed by atoms with E-state index in [1.807, 2.05) is 31.5 Å². The minimum absolute atomic E-state index is 0.182. The number of para-hydroxylation sites is 2. The lowest BCUT2D eigenvalue weighted by Crippen LogP contribution is -2.41. The van der Waals surface area contributed by atoms with Gasteiger partial charge in [0, 0.05) is 38.6 Å². The van der Waals surface area contributed by atoms with Crippen LogP contribution in [0.5, 0.6) is 0 Å². The number of carbonyl (C=O) groups is 1. The molecule has 0 radical (unpaired) electrons. The Hall–Kier alpha value is -2.57. The first kappa shape index (κ1) is 18.2. The lowest BCUT2D eigenvalue weighted by molar-refractivity contribution is -0.122. The number of aliphatic imine (C=N–C) groups is 1. The average molecular weight is 356 g/mol. The van der Waals surface area contributed by atoms with Gasteiger partial charge in [0.25, 0.3) is 0 Å². The SMILES string of the molecule is CCNC(=NCCCn1cnc2ccccc21)NCCNC(=O)C1CC1. The second-order valence-corrected chi connectivity index (χ2v) is 6.53. The van der Waals surface area contributed by atoms with Crippen molar-refractivity contribution < 1.29 is 4.79 Å². The molecule has 0 unspecified atom stereocenters. The fraction of sp³-hybridized carbons (Fsp3) is 0.526. The molecule has 0 spiro atoms. The van der Waals surface area contributed by atoms with Crippen LogP contribution < -0.4 is 16.0 Å². The molecule has 1 saturated carbocycles. The number of fused-ring (bicyclic) bond motifs is 1. The van der Waals surface area contributed by atoms with Crippen LogP contribution >= 0.6 is 0 Å². The van der Waals surface area contributed by atoms with Crippen LogP contribution in [0.1, 0.15) is 26.2 Å². The van der Waals surface area contributed by atoms with Gasteiger partial charge in [0.1, 0.15) is 0 Å². The smallest absolute Gasteiger partial charge is 0.223 e. The van der Waals surface area contributed by atoms with E-state index in [4.69, 9.17) is 0 Å². The Morgan fingerprint density at radius 3 is 2.85 bits per heavy atom. The molecule has 1 amide bonds. The minimum atomic E-state index is 0.182. The van der Waals surface area contributed by atoms with E-state index in [2.05, 4.69) is 36.6 Å². The van der Waals surface area contributed by atoms with E-state index < -0.39 is 0 Å². The van der Waals surface area contributed by atoms with Crippen molar-refractivity contribution in [2.45, 2.75) is 32.7 Å². The third-order valence-electron chi connectivity index (χ3n) is 4.36. The number of rotatable bonds is 9. The summed E-state index contributed by atoms with van der Waals surface area (Å²) in [5, 5.41) is 9.45. The molecule has 7 heteroatoms. The molecular formula is C19H28N6O. The molecule has 1 fully saturated rings. The zero-order valence-corrected chi connectivity index (χ0v) is 15.4. The highest BCUT2D eigenvalue weighted by atomic mass is 16.2. The van der Waals surface area contributed by atoms with E-state index in [9.17, 15) is 4.79 Å². The summed E-state index contributed by atoms with van der Waals surface area (Å²) in [7, 11) is 0. The third-order valence-corrected chi connectivity index (χ3v) is 4.36. The number of nitrogens with one attached hydrogen (secondary N) is 3. The molecule has 26 heavy (non-hydrogen) atoms. The Balaban J connectivity index is 1.39. The normalized spacial score (nSPS) is 14.4. The van der Waals surface area contributed by atoms with Gasteiger partial charge in [-0.3, -0.25) is 9.79 Å². The number of benzene rings is 1. The molecule has 1 aliphatic carbocycles. The van der Waals surface area contributed by atoms with Crippen molar-refractivity contribution in [2.75, 3.05) is 26.2 Å². The summed E-state index contributed by atoms with van der Waals surface area (Å²) in [5.41, 5.74) is 2.19. The number of aromatic nitrogens is 2. The summed E-state index contributed by atoms with van der Waals surface area (Å²) in [4.78, 5) is 20.6. The Labute approximate surface area is 154 Å². The molecular weight excluding hydrogens is 328 g/mol. The highest BCUT2D eigenvalue weighted by Gasteiger charge is 2.28. The van der Waals surface area contributed by atoms with Gasteiger partial charge < -0.3 is 20.5 Å². The van der Waals surface area contributed by atoms with Crippen molar-refractivity contribution in [3.05, 3.63) is 30.6 Å². The van der Waals surface area contributed by atoms with Crippen molar-refractivity contribution in [2.24, 2.45) is 10.9 Å². The number of hydrogen-bond donors (Lipinski definition) is 3. The van der Waals surface area contributed by atoms with Gasteiger partial charge >= 0.3 is 0 Å². The largest absolute Gasteiger partial charge is 0.357 e. The molecule has 1 aliphatic rings. The van der Waals surface area contributed by atoms with E-state index >= 15 is 0 Å². The maximum atomic E-state index is 11.6. The molecule has 7 nitrogen and oxygen atoms in total. The van der Waals surface area contributed by atoms with Gasteiger partial charge in [0.05, 0.1) is 17.4 Å². The number of aryl methyl sites for hydroxylation is 1. The number of carbonyl (C=O) groups excluding carboxylic acids is 1. The van der Waals surface area contributed by atoms with Gasteiger partial charge in [-0.1, -0.05) is 12.1 Å². The van der Waals surface area contributed by atoms with Gasteiger partial charge in [-0.25, -0.2) is 4.98 Å². The van der Waals surface area contributed by atoms with E-state index in [0.717, 1.165) is 55.9 Å². The Morgan fingerprint density at radius 2 is 2.04 bits per heavy atom. The van der Waals surface area contributed by atoms with Crippen LogP contribution in [-0.4, -0.2) is 47.6 Å². The second-order valence-electron chi connectivity index (χ2n) is 6.53. The van der Waals surface area contributed by atoms with Crippen LogP contribution in [0.15, 0.2) is 35.6 Å². The van der Waals surface area contributed by atoms with Gasteiger partial charge in [-0.05, 0) is 38.3 Å². The fourth-order valence-electron chi connectivity index (χ4n) is 2.82. The molecule has 1 aromatic heterocycles. The predicted octanol–water partition coefficient (Wildman–Crippen LogP) is 1.51. The van der Waals surface area contributed by atoms with Crippen LogP contribution in [0.25, 0.3) is 11.0 Å². The van der Waals surface area contributed by atoms with Crippen molar-refractivity contribution in [1.29, 1.82) is 0 Å². The molecule has 0 atom stereocenters. The number of guanidine groups is 1. The van der Waals surface area contributed by atoms with Crippen LogP contribution in [0.3, 0.4) is 0 Å². The highest BCUT2D eigenvalue weighted by Crippen LogP contribution is 2.28. The molecule has 140 valence electrons. The van der Waals surface area contributed by atoms with Crippen LogP contribution in [-0.2, 0) is 11.3 Å². The fourth-order valence-corrected chi connectivity index (χ4v) is 2.82.